The molecule has 0 atom stereocenters. The Morgan fingerprint density at radius 1 is 1.14 bits per heavy atom. The Labute approximate surface area is 142 Å². The highest BCUT2D eigenvalue weighted by molar-refractivity contribution is 6.18. The van der Waals surface area contributed by atoms with Gasteiger partial charge in [0, 0.05) is 37.0 Å². The van der Waals surface area contributed by atoms with Crippen molar-refractivity contribution >= 4 is 34.9 Å². The molecule has 0 aliphatic carbocycles. The van der Waals surface area contributed by atoms with Crippen LogP contribution in [0.5, 0.6) is 0 Å². The van der Waals surface area contributed by atoms with Gasteiger partial charge in [0.05, 0.1) is 6.61 Å². The van der Waals surface area contributed by atoms with Gasteiger partial charge in [-0.3, -0.25) is 4.79 Å². The summed E-state index contributed by atoms with van der Waals surface area (Å²) in [7, 11) is 0. The topological polar surface area (TPSA) is 49.8 Å². The zero-order valence-corrected chi connectivity index (χ0v) is 14.2. The van der Waals surface area contributed by atoms with E-state index in [9.17, 15) is 4.79 Å². The van der Waals surface area contributed by atoms with Crippen LogP contribution in [0.4, 0.5) is 5.69 Å². The molecule has 1 aromatic carbocycles. The molecule has 0 bridgehead atoms. The molecule has 1 rings (SSSR count). The number of ether oxygens (including phenoxy) is 1. The number of aliphatic hydroxyl groups is 1. The van der Waals surface area contributed by atoms with E-state index in [0.29, 0.717) is 18.2 Å². The standard InChI is InChI=1S/C16H23Cl2NO3/c17-8-10-19(11-9-18)15-6-4-14(5-7-15)2-1-3-16(21)22-13-12-20/h4-7,20H,1-3,8-13H2. The van der Waals surface area contributed by atoms with E-state index in [0.717, 1.165) is 31.6 Å². The van der Waals surface area contributed by atoms with E-state index in [2.05, 4.69) is 29.2 Å². The second kappa shape index (κ2) is 11.6. The Hall–Kier alpha value is -0.970. The third kappa shape index (κ3) is 7.34. The second-order valence-electron chi connectivity index (χ2n) is 4.83. The minimum atomic E-state index is -0.263. The van der Waals surface area contributed by atoms with Crippen LogP contribution in [0.2, 0.25) is 0 Å². The number of hydrogen-bond acceptors (Lipinski definition) is 4. The largest absolute Gasteiger partial charge is 0.463 e. The number of halogens is 2. The lowest BCUT2D eigenvalue weighted by Crippen LogP contribution is -2.27. The van der Waals surface area contributed by atoms with Crippen LogP contribution in [0.1, 0.15) is 18.4 Å². The zero-order chi connectivity index (χ0) is 16.2. The number of carbonyl (C=O) groups is 1. The van der Waals surface area contributed by atoms with Crippen LogP contribution in [0, 0.1) is 0 Å². The summed E-state index contributed by atoms with van der Waals surface area (Å²) in [4.78, 5) is 13.5. The van der Waals surface area contributed by atoms with Gasteiger partial charge in [0.2, 0.25) is 0 Å². The molecule has 6 heteroatoms. The number of carbonyl (C=O) groups excluding carboxylic acids is 1. The predicted molar refractivity (Wildman–Crippen MR) is 91.1 cm³/mol. The van der Waals surface area contributed by atoms with Crippen molar-refractivity contribution in [2.45, 2.75) is 19.3 Å². The zero-order valence-electron chi connectivity index (χ0n) is 12.6. The van der Waals surface area contributed by atoms with Gasteiger partial charge in [-0.1, -0.05) is 12.1 Å². The first-order chi connectivity index (χ1) is 10.7. The van der Waals surface area contributed by atoms with E-state index in [1.165, 1.54) is 5.56 Å². The highest BCUT2D eigenvalue weighted by Gasteiger charge is 2.06. The van der Waals surface area contributed by atoms with Gasteiger partial charge in [-0.15, -0.1) is 23.2 Å². The Morgan fingerprint density at radius 3 is 2.32 bits per heavy atom. The van der Waals surface area contributed by atoms with Gasteiger partial charge in [0.1, 0.15) is 6.61 Å². The van der Waals surface area contributed by atoms with Crippen LogP contribution in [-0.4, -0.2) is 49.1 Å². The molecule has 1 aromatic rings. The molecule has 124 valence electrons. The number of anilines is 1. The quantitative estimate of drug-likeness (QED) is 0.494. The third-order valence-electron chi connectivity index (χ3n) is 3.21. The van der Waals surface area contributed by atoms with Crippen molar-refractivity contribution in [3.8, 4) is 0 Å². The minimum Gasteiger partial charge on any atom is -0.463 e. The summed E-state index contributed by atoms with van der Waals surface area (Å²) >= 11 is 11.6. The van der Waals surface area contributed by atoms with Gasteiger partial charge in [-0.2, -0.15) is 0 Å². The Bertz CT molecular complexity index is 420. The first-order valence-corrected chi connectivity index (χ1v) is 8.50. The second-order valence-corrected chi connectivity index (χ2v) is 5.59. The number of aliphatic hydroxyl groups excluding tert-OH is 1. The maximum absolute atomic E-state index is 11.3. The number of esters is 1. The smallest absolute Gasteiger partial charge is 0.305 e. The molecule has 0 aliphatic rings. The summed E-state index contributed by atoms with van der Waals surface area (Å²) in [6, 6.07) is 8.23. The normalized spacial score (nSPS) is 10.5. The van der Waals surface area contributed by atoms with Gasteiger partial charge in [-0.25, -0.2) is 0 Å². The van der Waals surface area contributed by atoms with Crippen molar-refractivity contribution in [1.29, 1.82) is 0 Å². The van der Waals surface area contributed by atoms with Crippen LogP contribution in [0.3, 0.4) is 0 Å². The van der Waals surface area contributed by atoms with Crippen molar-refractivity contribution < 1.29 is 14.6 Å². The van der Waals surface area contributed by atoms with Crippen LogP contribution < -0.4 is 4.90 Å². The number of alkyl halides is 2. The number of hydrogen-bond donors (Lipinski definition) is 1. The van der Waals surface area contributed by atoms with Crippen LogP contribution >= 0.6 is 23.2 Å². The fourth-order valence-corrected chi connectivity index (χ4v) is 2.52. The first-order valence-electron chi connectivity index (χ1n) is 7.43. The Kier molecular flexibility index (Phi) is 10.0. The average Bonchev–Trinajstić information content (AvgIpc) is 2.53. The van der Waals surface area contributed by atoms with E-state index in [4.69, 9.17) is 33.0 Å². The van der Waals surface area contributed by atoms with E-state index >= 15 is 0 Å². The summed E-state index contributed by atoms with van der Waals surface area (Å²) in [5, 5.41) is 8.57. The van der Waals surface area contributed by atoms with E-state index < -0.39 is 0 Å². The van der Waals surface area contributed by atoms with Crippen molar-refractivity contribution in [3.05, 3.63) is 29.8 Å². The van der Waals surface area contributed by atoms with E-state index in [-0.39, 0.29) is 19.2 Å². The predicted octanol–water partition coefficient (Wildman–Crippen LogP) is 2.83. The molecule has 0 aliphatic heterocycles. The molecule has 0 fully saturated rings. The van der Waals surface area contributed by atoms with Crippen molar-refractivity contribution in [2.75, 3.05) is 43.0 Å². The SMILES string of the molecule is O=C(CCCc1ccc(N(CCCl)CCCl)cc1)OCCO. The van der Waals surface area contributed by atoms with Crippen molar-refractivity contribution in [1.82, 2.24) is 0 Å². The fourth-order valence-electron chi connectivity index (χ4n) is 2.12. The summed E-state index contributed by atoms with van der Waals surface area (Å²) < 4.78 is 4.81. The third-order valence-corrected chi connectivity index (χ3v) is 3.55. The molecular formula is C16H23Cl2NO3. The van der Waals surface area contributed by atoms with Gasteiger partial charge in [0.15, 0.2) is 0 Å². The van der Waals surface area contributed by atoms with E-state index in [1.54, 1.807) is 0 Å². The molecule has 0 amide bonds. The molecule has 0 unspecified atom stereocenters. The first kappa shape index (κ1) is 19.1. The molecule has 0 saturated carbocycles. The van der Waals surface area contributed by atoms with Crippen LogP contribution in [0.25, 0.3) is 0 Å². The van der Waals surface area contributed by atoms with Crippen LogP contribution in [0.15, 0.2) is 24.3 Å². The highest BCUT2D eigenvalue weighted by Crippen LogP contribution is 2.17. The summed E-state index contributed by atoms with van der Waals surface area (Å²) in [6.07, 6.45) is 1.92. The average molecular weight is 348 g/mol. The Balaban J connectivity index is 2.42. The van der Waals surface area contributed by atoms with Gasteiger partial charge >= 0.3 is 5.97 Å². The maximum Gasteiger partial charge on any atom is 0.305 e. The lowest BCUT2D eigenvalue weighted by atomic mass is 10.1. The molecule has 0 aromatic heterocycles. The number of nitrogens with zero attached hydrogens (tertiary/aromatic N) is 1. The monoisotopic (exact) mass is 347 g/mol. The number of rotatable bonds is 11. The minimum absolute atomic E-state index is 0.0739. The van der Waals surface area contributed by atoms with Crippen molar-refractivity contribution in [2.24, 2.45) is 0 Å². The molecule has 0 heterocycles. The number of benzene rings is 1. The fraction of sp³-hybridized carbons (Fsp3) is 0.562. The van der Waals surface area contributed by atoms with Gasteiger partial charge < -0.3 is 14.7 Å². The maximum atomic E-state index is 11.3. The molecule has 0 saturated heterocycles. The lowest BCUT2D eigenvalue weighted by Gasteiger charge is -2.23. The molecule has 0 spiro atoms. The summed E-state index contributed by atoms with van der Waals surface area (Å²) in [6.45, 7) is 1.48. The Morgan fingerprint density at radius 2 is 1.77 bits per heavy atom. The molecule has 22 heavy (non-hydrogen) atoms. The van der Waals surface area contributed by atoms with Gasteiger partial charge in [-0.05, 0) is 30.5 Å². The number of aryl methyl sites for hydroxylation is 1. The molecule has 0 radical (unpaired) electrons. The highest BCUT2D eigenvalue weighted by atomic mass is 35.5. The summed E-state index contributed by atoms with van der Waals surface area (Å²) in [5.41, 5.74) is 2.28. The molecule has 4 nitrogen and oxygen atoms in total. The molecular weight excluding hydrogens is 325 g/mol. The van der Waals surface area contributed by atoms with Crippen molar-refractivity contribution in [3.63, 3.8) is 0 Å². The lowest BCUT2D eigenvalue weighted by molar-refractivity contribution is -0.144. The molecule has 1 N–H and O–H groups in total. The van der Waals surface area contributed by atoms with E-state index in [1.807, 2.05) is 0 Å². The van der Waals surface area contributed by atoms with Gasteiger partial charge in [0.25, 0.3) is 0 Å². The van der Waals surface area contributed by atoms with Crippen LogP contribution in [-0.2, 0) is 16.0 Å². The summed E-state index contributed by atoms with van der Waals surface area (Å²) in [5.74, 6) is 0.865.